The van der Waals surface area contributed by atoms with Crippen molar-refractivity contribution in [1.82, 2.24) is 0 Å². The van der Waals surface area contributed by atoms with Crippen LogP contribution in [0.25, 0.3) is 0 Å². The van der Waals surface area contributed by atoms with Gasteiger partial charge in [0.1, 0.15) is 0 Å². The fourth-order valence-corrected chi connectivity index (χ4v) is 3.14. The molecule has 1 aromatic rings. The van der Waals surface area contributed by atoms with E-state index in [-0.39, 0.29) is 12.7 Å². The highest BCUT2D eigenvalue weighted by molar-refractivity contribution is 5.36. The molecule has 1 aliphatic carbocycles. The minimum absolute atomic E-state index is 0.0397. The number of aryl methyl sites for hydroxylation is 1. The fraction of sp³-hybridized carbons (Fsp3) is 0.600. The Bertz CT molecular complexity index is 471. The number of benzene rings is 1. The van der Waals surface area contributed by atoms with E-state index in [0.29, 0.717) is 6.42 Å². The van der Waals surface area contributed by atoms with E-state index in [0.717, 1.165) is 18.4 Å². The van der Waals surface area contributed by atoms with Gasteiger partial charge < -0.3 is 9.84 Å². The Labute approximate surface area is 113 Å². The maximum absolute atomic E-state index is 9.42. The van der Waals surface area contributed by atoms with E-state index in [1.807, 2.05) is 32.0 Å². The third-order valence-electron chi connectivity index (χ3n) is 3.97. The maximum atomic E-state index is 9.42. The summed E-state index contributed by atoms with van der Waals surface area (Å²) in [6.45, 7) is 3.73. The molecule has 0 spiro atoms. The van der Waals surface area contributed by atoms with Crippen molar-refractivity contribution in [2.45, 2.75) is 50.6 Å². The number of aliphatic hydroxyl groups is 1. The molecule has 2 aliphatic rings. The molecule has 0 unspecified atom stereocenters. The number of hydrogen-bond donors (Lipinski definition) is 1. The molecule has 0 amide bonds. The quantitative estimate of drug-likeness (QED) is 0.833. The van der Waals surface area contributed by atoms with Crippen LogP contribution in [-0.2, 0) is 26.5 Å². The molecule has 4 heteroatoms. The highest BCUT2D eigenvalue weighted by Gasteiger charge is 2.53. The topological polar surface area (TPSA) is 47.9 Å². The van der Waals surface area contributed by atoms with Crippen LogP contribution in [0.5, 0.6) is 0 Å². The number of ether oxygens (including phenoxy) is 1. The minimum Gasteiger partial charge on any atom is -0.396 e. The number of rotatable bonds is 2. The van der Waals surface area contributed by atoms with Gasteiger partial charge in [0.25, 0.3) is 0 Å². The van der Waals surface area contributed by atoms with E-state index in [1.54, 1.807) is 0 Å². The van der Waals surface area contributed by atoms with E-state index in [4.69, 9.17) is 14.5 Å². The first-order chi connectivity index (χ1) is 9.07. The Hall–Kier alpha value is -0.940. The molecule has 2 atom stereocenters. The van der Waals surface area contributed by atoms with Crippen LogP contribution in [0.2, 0.25) is 0 Å². The van der Waals surface area contributed by atoms with Crippen LogP contribution in [-0.4, -0.2) is 23.6 Å². The summed E-state index contributed by atoms with van der Waals surface area (Å²) >= 11 is 0. The zero-order chi connectivity index (χ0) is 13.5. The molecule has 0 radical (unpaired) electrons. The van der Waals surface area contributed by atoms with Gasteiger partial charge in [-0.2, -0.15) is 0 Å². The molecular formula is C15H20O4. The van der Waals surface area contributed by atoms with Gasteiger partial charge in [-0.05, 0) is 37.8 Å². The van der Waals surface area contributed by atoms with E-state index in [1.165, 1.54) is 5.56 Å². The van der Waals surface area contributed by atoms with Gasteiger partial charge in [-0.15, -0.1) is 0 Å². The second-order valence-electron chi connectivity index (χ2n) is 5.73. The lowest BCUT2D eigenvalue weighted by Crippen LogP contribution is -2.56. The van der Waals surface area contributed by atoms with Crippen molar-refractivity contribution in [3.63, 3.8) is 0 Å². The summed E-state index contributed by atoms with van der Waals surface area (Å²) in [6, 6.07) is 8.17. The van der Waals surface area contributed by atoms with Crippen molar-refractivity contribution >= 4 is 0 Å². The molecule has 4 nitrogen and oxygen atoms in total. The molecule has 1 N–H and O–H groups in total. The molecule has 0 aromatic heterocycles. The first-order valence-corrected chi connectivity index (χ1v) is 6.81. The van der Waals surface area contributed by atoms with Crippen LogP contribution in [0.4, 0.5) is 0 Å². The van der Waals surface area contributed by atoms with Crippen LogP contribution < -0.4 is 0 Å². The standard InChI is InChI=1S/C15H20O4/c1-14(2)17-13-8-7-11-5-3-4-6-12(11)15(13,9-10-16)19-18-14/h3-6,13,16H,7-10H2,1-2H3/t13-,15+/m1/s1. The minimum atomic E-state index is -0.740. The number of aliphatic hydroxyl groups excluding tert-OH is 1. The normalized spacial score (nSPS) is 32.5. The first kappa shape index (κ1) is 13.1. The second-order valence-corrected chi connectivity index (χ2v) is 5.73. The molecule has 1 aliphatic heterocycles. The van der Waals surface area contributed by atoms with Crippen molar-refractivity contribution in [3.8, 4) is 0 Å². The van der Waals surface area contributed by atoms with Crippen molar-refractivity contribution < 1.29 is 19.6 Å². The smallest absolute Gasteiger partial charge is 0.196 e. The highest BCUT2D eigenvalue weighted by Crippen LogP contribution is 2.47. The van der Waals surface area contributed by atoms with Crippen LogP contribution in [0.3, 0.4) is 0 Å². The Balaban J connectivity index is 2.04. The lowest BCUT2D eigenvalue weighted by Gasteiger charge is -2.50. The summed E-state index contributed by atoms with van der Waals surface area (Å²) < 4.78 is 6.03. The molecule has 1 aromatic carbocycles. The summed E-state index contributed by atoms with van der Waals surface area (Å²) in [6.07, 6.45) is 2.24. The fourth-order valence-electron chi connectivity index (χ4n) is 3.14. The Morgan fingerprint density at radius 3 is 2.84 bits per heavy atom. The van der Waals surface area contributed by atoms with Gasteiger partial charge in [0.15, 0.2) is 11.4 Å². The van der Waals surface area contributed by atoms with Crippen molar-refractivity contribution in [2.24, 2.45) is 0 Å². The molecule has 3 rings (SSSR count). The summed E-state index contributed by atoms with van der Waals surface area (Å²) in [5, 5.41) is 9.42. The Morgan fingerprint density at radius 2 is 2.05 bits per heavy atom. The van der Waals surface area contributed by atoms with Gasteiger partial charge in [0.05, 0.1) is 6.10 Å². The second kappa shape index (κ2) is 4.56. The summed E-state index contributed by atoms with van der Waals surface area (Å²) in [7, 11) is 0. The van der Waals surface area contributed by atoms with Gasteiger partial charge in [-0.25, -0.2) is 9.78 Å². The lowest BCUT2D eigenvalue weighted by atomic mass is 9.75. The average Bonchev–Trinajstić information content (AvgIpc) is 2.39. The zero-order valence-electron chi connectivity index (χ0n) is 11.4. The molecule has 0 bridgehead atoms. The van der Waals surface area contributed by atoms with Gasteiger partial charge >= 0.3 is 0 Å². The van der Waals surface area contributed by atoms with Crippen LogP contribution in [0.1, 0.15) is 37.8 Å². The van der Waals surface area contributed by atoms with Gasteiger partial charge in [0.2, 0.25) is 0 Å². The molecule has 1 fully saturated rings. The number of fused-ring (bicyclic) bond motifs is 3. The Morgan fingerprint density at radius 1 is 1.26 bits per heavy atom. The monoisotopic (exact) mass is 264 g/mol. The molecular weight excluding hydrogens is 244 g/mol. The highest BCUT2D eigenvalue weighted by atomic mass is 17.2. The van der Waals surface area contributed by atoms with Crippen LogP contribution in [0.15, 0.2) is 24.3 Å². The predicted octanol–water partition coefficient (Wildman–Crippen LogP) is 2.29. The largest absolute Gasteiger partial charge is 0.396 e. The van der Waals surface area contributed by atoms with E-state index in [9.17, 15) is 5.11 Å². The summed E-state index contributed by atoms with van der Waals surface area (Å²) in [4.78, 5) is 11.2. The van der Waals surface area contributed by atoms with E-state index in [2.05, 4.69) is 6.07 Å². The van der Waals surface area contributed by atoms with E-state index >= 15 is 0 Å². The van der Waals surface area contributed by atoms with Crippen LogP contribution in [0, 0.1) is 0 Å². The molecule has 19 heavy (non-hydrogen) atoms. The zero-order valence-corrected chi connectivity index (χ0v) is 11.4. The first-order valence-electron chi connectivity index (χ1n) is 6.81. The van der Waals surface area contributed by atoms with Crippen LogP contribution >= 0.6 is 0 Å². The van der Waals surface area contributed by atoms with Gasteiger partial charge in [-0.3, -0.25) is 0 Å². The average molecular weight is 264 g/mol. The molecule has 1 heterocycles. The van der Waals surface area contributed by atoms with E-state index < -0.39 is 11.4 Å². The molecule has 0 saturated carbocycles. The number of hydrogen-bond acceptors (Lipinski definition) is 4. The molecule has 104 valence electrons. The predicted molar refractivity (Wildman–Crippen MR) is 69.3 cm³/mol. The van der Waals surface area contributed by atoms with Crippen molar-refractivity contribution in [2.75, 3.05) is 6.61 Å². The lowest BCUT2D eigenvalue weighted by molar-refractivity contribution is -0.528. The SMILES string of the molecule is CC1(C)OO[C@@]2(CCO)c3ccccc3CC[C@H]2O1. The third-order valence-corrected chi connectivity index (χ3v) is 3.97. The summed E-state index contributed by atoms with van der Waals surface area (Å²) in [5.41, 5.74) is 1.65. The van der Waals surface area contributed by atoms with Gasteiger partial charge in [0, 0.05) is 13.0 Å². The Kier molecular flexibility index (Phi) is 3.14. The maximum Gasteiger partial charge on any atom is 0.196 e. The molecule has 1 saturated heterocycles. The third kappa shape index (κ3) is 2.09. The summed E-state index contributed by atoms with van der Waals surface area (Å²) in [5.74, 6) is -0.740. The van der Waals surface area contributed by atoms with Gasteiger partial charge in [-0.1, -0.05) is 24.3 Å². The van der Waals surface area contributed by atoms with Crippen molar-refractivity contribution in [1.29, 1.82) is 0 Å². The van der Waals surface area contributed by atoms with Crippen molar-refractivity contribution in [3.05, 3.63) is 35.4 Å².